The summed E-state index contributed by atoms with van der Waals surface area (Å²) in [5.74, 6) is 1.29. The van der Waals surface area contributed by atoms with E-state index in [1.54, 1.807) is 0 Å². The summed E-state index contributed by atoms with van der Waals surface area (Å²) in [4.78, 5) is 9.67. The molecule has 2 aromatic heterocycles. The van der Waals surface area contributed by atoms with Gasteiger partial charge in [0.05, 0.1) is 21.8 Å². The van der Waals surface area contributed by atoms with Crippen molar-refractivity contribution in [1.82, 2.24) is 9.97 Å². The Labute approximate surface area is 350 Å². The summed E-state index contributed by atoms with van der Waals surface area (Å²) < 4.78 is 0. The summed E-state index contributed by atoms with van der Waals surface area (Å²) in [5, 5.41) is 2.98. The van der Waals surface area contributed by atoms with Gasteiger partial charge in [-0.15, -0.1) is 35.4 Å². The van der Waals surface area contributed by atoms with Gasteiger partial charge in [0.25, 0.3) is 0 Å². The van der Waals surface area contributed by atoms with Gasteiger partial charge < -0.3 is 4.98 Å². The van der Waals surface area contributed by atoms with Crippen molar-refractivity contribution in [2.75, 3.05) is 0 Å². The number of pyridine rings is 2. The molecule has 0 atom stereocenters. The first-order valence-electron chi connectivity index (χ1n) is 18.9. The van der Waals surface area contributed by atoms with E-state index in [0.717, 1.165) is 29.8 Å². The molecule has 0 N–H and O–H groups in total. The number of hydrogen-bond acceptors (Lipinski definition) is 2. The zero-order valence-electron chi connectivity index (χ0n) is 33.4. The Morgan fingerprint density at radius 2 is 0.909 bits per heavy atom. The second kappa shape index (κ2) is 21.0. The second-order valence-electron chi connectivity index (χ2n) is 17.0. The van der Waals surface area contributed by atoms with E-state index in [-0.39, 0.29) is 35.0 Å². The molecule has 5 heteroatoms. The van der Waals surface area contributed by atoms with Gasteiger partial charge in [-0.2, -0.15) is 0 Å². The topological polar surface area (TPSA) is 25.8 Å². The molecule has 0 aliphatic rings. The number of rotatable bonds is 10. The van der Waals surface area contributed by atoms with Crippen LogP contribution in [0.1, 0.15) is 53.7 Å². The molecule has 0 aliphatic heterocycles. The van der Waals surface area contributed by atoms with E-state index >= 15 is 0 Å². The maximum atomic E-state index is 4.85. The summed E-state index contributed by atoms with van der Waals surface area (Å²) in [6.07, 6.45) is 6.50. The monoisotopic (exact) mass is 942 g/mol. The van der Waals surface area contributed by atoms with Crippen LogP contribution in [0.3, 0.4) is 0 Å². The normalized spacial score (nSPS) is 11.1. The molecule has 1 radical (unpaired) electrons. The third kappa shape index (κ3) is 13.2. The van der Waals surface area contributed by atoms with Crippen molar-refractivity contribution < 1.29 is 20.1 Å². The first-order chi connectivity index (χ1) is 24.7. The Morgan fingerprint density at radius 3 is 1.38 bits per heavy atom. The van der Waals surface area contributed by atoms with Crippen LogP contribution in [0.5, 0.6) is 0 Å². The van der Waals surface area contributed by atoms with E-state index < -0.39 is 16.1 Å². The largest absolute Gasteiger partial charge is 0.305 e. The molecule has 55 heavy (non-hydrogen) atoms. The molecule has 0 saturated carbocycles. The molecule has 293 valence electrons. The molecule has 0 unspecified atom stereocenters. The van der Waals surface area contributed by atoms with Crippen molar-refractivity contribution in [2.24, 2.45) is 11.8 Å². The van der Waals surface area contributed by atoms with Gasteiger partial charge in [-0.3, -0.25) is 4.98 Å². The zero-order valence-corrected chi connectivity index (χ0v) is 37.8. The van der Waals surface area contributed by atoms with E-state index in [1.165, 1.54) is 49.3 Å². The van der Waals surface area contributed by atoms with Crippen LogP contribution in [-0.2, 0) is 32.9 Å². The van der Waals surface area contributed by atoms with Crippen LogP contribution < -0.4 is 10.4 Å². The van der Waals surface area contributed by atoms with Gasteiger partial charge in [-0.05, 0) is 75.1 Å². The summed E-state index contributed by atoms with van der Waals surface area (Å²) in [7, 11) is -2.80. The SMILES string of the molecule is C.C.CC(C)Cc1cc(-c2[c-]ccc(-c3ccccc3)c2)ncc1[Si](C)(C)C.CC(C)Cc1cc(-c2cccc(-c3ccccc3)c2)ncc1[Si](C)(C)C.[Ir]. The Balaban J connectivity index is 0.000000360. The number of hydrogen-bond donors (Lipinski definition) is 0. The van der Waals surface area contributed by atoms with Crippen LogP contribution in [0, 0.1) is 17.9 Å². The van der Waals surface area contributed by atoms with Crippen LogP contribution in [0.2, 0.25) is 39.3 Å². The first-order valence-corrected chi connectivity index (χ1v) is 25.9. The van der Waals surface area contributed by atoms with Gasteiger partial charge in [0, 0.05) is 38.1 Å². The summed E-state index contributed by atoms with van der Waals surface area (Å²) >= 11 is 0. The molecule has 0 amide bonds. The van der Waals surface area contributed by atoms with Crippen molar-refractivity contribution >= 4 is 26.5 Å². The van der Waals surface area contributed by atoms with Gasteiger partial charge in [-0.1, -0.05) is 172 Å². The van der Waals surface area contributed by atoms with Crippen molar-refractivity contribution in [3.8, 4) is 44.8 Å². The number of nitrogens with zero attached hydrogens (tertiary/aromatic N) is 2. The molecule has 6 rings (SSSR count). The van der Waals surface area contributed by atoms with Crippen molar-refractivity contribution in [1.29, 1.82) is 0 Å². The molecule has 2 heterocycles. The molecule has 0 fully saturated rings. The van der Waals surface area contributed by atoms with E-state index in [1.807, 2.05) is 12.1 Å². The van der Waals surface area contributed by atoms with Crippen molar-refractivity contribution in [2.45, 2.75) is 94.7 Å². The maximum absolute atomic E-state index is 4.85. The minimum Gasteiger partial charge on any atom is -0.305 e. The Morgan fingerprint density at radius 1 is 0.491 bits per heavy atom. The van der Waals surface area contributed by atoms with Crippen LogP contribution in [0.15, 0.2) is 128 Å². The Bertz CT molecular complexity index is 1910. The molecular weight excluding hydrogens is 877 g/mol. The predicted octanol–water partition coefficient (Wildman–Crippen LogP) is 13.4. The van der Waals surface area contributed by atoms with Crippen molar-refractivity contribution in [3.05, 3.63) is 145 Å². The average molecular weight is 942 g/mol. The summed E-state index contributed by atoms with van der Waals surface area (Å²) in [6, 6.07) is 44.1. The van der Waals surface area contributed by atoms with Gasteiger partial charge >= 0.3 is 0 Å². The Kier molecular flexibility index (Phi) is 18.1. The van der Waals surface area contributed by atoms with Gasteiger partial charge in [0.15, 0.2) is 0 Å². The van der Waals surface area contributed by atoms with Gasteiger partial charge in [0.1, 0.15) is 0 Å². The number of benzene rings is 4. The van der Waals surface area contributed by atoms with E-state index in [0.29, 0.717) is 11.8 Å². The smallest absolute Gasteiger partial charge is 0.0799 e. The Hall–Kier alpha value is -3.74. The molecule has 0 spiro atoms. The molecule has 0 bridgehead atoms. The third-order valence-electron chi connectivity index (χ3n) is 9.30. The van der Waals surface area contributed by atoms with Gasteiger partial charge in [0.2, 0.25) is 0 Å². The molecule has 4 aromatic carbocycles. The molecule has 6 aromatic rings. The van der Waals surface area contributed by atoms with Crippen LogP contribution in [0.4, 0.5) is 0 Å². The van der Waals surface area contributed by atoms with E-state index in [9.17, 15) is 0 Å². The quantitative estimate of drug-likeness (QED) is 0.101. The zero-order chi connectivity index (χ0) is 37.5. The van der Waals surface area contributed by atoms with Crippen LogP contribution >= 0.6 is 0 Å². The summed E-state index contributed by atoms with van der Waals surface area (Å²) in [6.45, 7) is 23.6. The molecular formula is C50H65IrN2Si2-. The van der Waals surface area contributed by atoms with Crippen molar-refractivity contribution in [3.63, 3.8) is 0 Å². The minimum atomic E-state index is -1.40. The third-order valence-corrected chi connectivity index (χ3v) is 13.4. The van der Waals surface area contributed by atoms with Crippen LogP contribution in [-0.4, -0.2) is 26.1 Å². The predicted molar refractivity (Wildman–Crippen MR) is 246 cm³/mol. The fraction of sp³-hybridized carbons (Fsp3) is 0.320. The van der Waals surface area contributed by atoms with Gasteiger partial charge in [-0.25, -0.2) is 0 Å². The molecule has 2 nitrogen and oxygen atoms in total. The maximum Gasteiger partial charge on any atom is 0.0799 e. The van der Waals surface area contributed by atoms with E-state index in [2.05, 4.69) is 189 Å². The molecule has 0 aliphatic carbocycles. The fourth-order valence-corrected chi connectivity index (χ4v) is 9.96. The summed E-state index contributed by atoms with van der Waals surface area (Å²) in [5.41, 5.74) is 12.2. The standard InChI is InChI=1S/C24H29NSi.C24H28NSi.2CH4.Ir/c2*1-18(2)14-22-16-23(25-17-24(22)26(3,4)5)21-13-9-12-20(15-21)19-10-7-6-8-11-19;;;/h6-13,15-18H,14H2,1-5H3;6-12,15-18H,14H2,1-5H3;2*1H4;/q;-1;;;. The average Bonchev–Trinajstić information content (AvgIpc) is 3.11. The first kappa shape index (κ1) is 47.4. The molecule has 0 saturated heterocycles. The van der Waals surface area contributed by atoms with Crippen LogP contribution in [0.25, 0.3) is 44.8 Å². The fourth-order valence-electron chi connectivity index (χ4n) is 6.78. The second-order valence-corrected chi connectivity index (χ2v) is 27.0. The minimum absolute atomic E-state index is 0. The van der Waals surface area contributed by atoms with E-state index in [4.69, 9.17) is 9.97 Å². The number of aromatic nitrogens is 2.